The van der Waals surface area contributed by atoms with E-state index in [2.05, 4.69) is 28.0 Å². The van der Waals surface area contributed by atoms with Crippen molar-refractivity contribution in [3.8, 4) is 0 Å². The van der Waals surface area contributed by atoms with Crippen LogP contribution in [0.4, 0.5) is 10.6 Å². The number of anilines is 1. The minimum atomic E-state index is -1.28. The fraction of sp³-hybridized carbons (Fsp3) is 0.708. The molecule has 0 saturated heterocycles. The lowest BCUT2D eigenvalue weighted by Crippen LogP contribution is -2.65. The predicted octanol–water partition coefficient (Wildman–Crippen LogP) is 2.83. The summed E-state index contributed by atoms with van der Waals surface area (Å²) in [6.07, 6.45) is 6.92. The summed E-state index contributed by atoms with van der Waals surface area (Å²) in [5.41, 5.74) is -2.08. The smallest absolute Gasteiger partial charge is 0.408 e. The summed E-state index contributed by atoms with van der Waals surface area (Å²) >= 11 is 0. The number of hydrogen-bond donors (Lipinski definition) is 3. The number of rotatable bonds is 8. The summed E-state index contributed by atoms with van der Waals surface area (Å²) < 4.78 is 6.88. The monoisotopic (exact) mass is 475 g/mol. The lowest BCUT2D eigenvalue weighted by Gasteiger charge is -2.41. The van der Waals surface area contributed by atoms with Gasteiger partial charge in [0, 0.05) is 19.3 Å². The van der Waals surface area contributed by atoms with Crippen LogP contribution in [-0.4, -0.2) is 50.7 Å². The van der Waals surface area contributed by atoms with Gasteiger partial charge in [0.2, 0.25) is 11.7 Å². The quantitative estimate of drug-likeness (QED) is 0.496. The molecule has 2 saturated carbocycles. The maximum atomic E-state index is 13.4. The first-order valence-corrected chi connectivity index (χ1v) is 12.0. The van der Waals surface area contributed by atoms with E-state index in [0.29, 0.717) is 25.7 Å². The summed E-state index contributed by atoms with van der Waals surface area (Å²) in [7, 11) is 1.70. The van der Waals surface area contributed by atoms with E-state index in [0.717, 1.165) is 25.7 Å². The average molecular weight is 476 g/mol. The van der Waals surface area contributed by atoms with E-state index < -0.39 is 40.9 Å². The van der Waals surface area contributed by atoms with Gasteiger partial charge in [0.1, 0.15) is 17.2 Å². The Balaban J connectivity index is 1.72. The van der Waals surface area contributed by atoms with Crippen molar-refractivity contribution in [2.45, 2.75) is 96.2 Å². The first-order valence-electron chi connectivity index (χ1n) is 12.0. The number of nitrogens with one attached hydrogen (secondary N) is 3. The minimum absolute atomic E-state index is 0.0931. The number of ketones is 1. The molecule has 10 nitrogen and oxygen atoms in total. The number of aromatic nitrogens is 2. The third-order valence-corrected chi connectivity index (χ3v) is 6.68. The fourth-order valence-electron chi connectivity index (χ4n) is 4.72. The molecule has 0 bridgehead atoms. The highest BCUT2D eigenvalue weighted by molar-refractivity contribution is 6.44. The lowest BCUT2D eigenvalue weighted by atomic mass is 9.72. The molecule has 34 heavy (non-hydrogen) atoms. The van der Waals surface area contributed by atoms with Crippen LogP contribution in [0.1, 0.15) is 79.1 Å². The second kappa shape index (κ2) is 9.76. The van der Waals surface area contributed by atoms with Gasteiger partial charge in [-0.3, -0.25) is 19.1 Å². The number of amides is 3. The van der Waals surface area contributed by atoms with E-state index in [1.165, 1.54) is 4.68 Å². The molecule has 10 heteroatoms. The van der Waals surface area contributed by atoms with Crippen LogP contribution in [0.5, 0.6) is 0 Å². The Bertz CT molecular complexity index is 938. The van der Waals surface area contributed by atoms with Crippen LogP contribution in [0.25, 0.3) is 0 Å². The number of Topliss-reactive ketones (excluding diaryl/α,β-unsaturated/α-hetero) is 1. The Hall–Kier alpha value is -2.91. The van der Waals surface area contributed by atoms with E-state index in [-0.39, 0.29) is 11.2 Å². The van der Waals surface area contributed by atoms with E-state index >= 15 is 0 Å². The zero-order chi connectivity index (χ0) is 25.1. The normalized spacial score (nSPS) is 19.4. The molecule has 1 atom stereocenters. The highest BCUT2D eigenvalue weighted by Gasteiger charge is 2.49. The SMILES string of the molecule is Cn1ccc(NC(=O)C(=O)C2(NC(=O)[C@H](CC3(C)CCCC3)NC(=O)OC(C)(C)C)CCC2)n1. The number of alkyl carbamates (subject to hydrolysis) is 1. The van der Waals surface area contributed by atoms with Crippen molar-refractivity contribution >= 4 is 29.5 Å². The van der Waals surface area contributed by atoms with Gasteiger partial charge in [-0.25, -0.2) is 4.79 Å². The van der Waals surface area contributed by atoms with E-state index in [9.17, 15) is 19.2 Å². The molecule has 188 valence electrons. The van der Waals surface area contributed by atoms with E-state index in [4.69, 9.17) is 4.74 Å². The first-order chi connectivity index (χ1) is 15.8. The van der Waals surface area contributed by atoms with E-state index in [1.807, 2.05) is 0 Å². The molecular formula is C24H37N5O5. The van der Waals surface area contributed by atoms with Gasteiger partial charge in [-0.15, -0.1) is 0 Å². The third kappa shape index (κ3) is 6.36. The number of nitrogens with zero attached hydrogens (tertiary/aromatic N) is 2. The van der Waals surface area contributed by atoms with Gasteiger partial charge in [-0.05, 0) is 64.7 Å². The number of carbonyl (C=O) groups excluding carboxylic acids is 4. The molecule has 3 N–H and O–H groups in total. The summed E-state index contributed by atoms with van der Waals surface area (Å²) in [4.78, 5) is 51.6. The van der Waals surface area contributed by atoms with Crippen LogP contribution in [0, 0.1) is 5.41 Å². The van der Waals surface area contributed by atoms with Crippen molar-refractivity contribution in [2.24, 2.45) is 12.5 Å². The summed E-state index contributed by atoms with van der Waals surface area (Å²) in [5.74, 6) is -1.74. The van der Waals surface area contributed by atoms with Gasteiger partial charge in [0.25, 0.3) is 5.91 Å². The molecule has 2 aliphatic carbocycles. The summed E-state index contributed by atoms with van der Waals surface area (Å²) in [5, 5.41) is 12.1. The number of aryl methyl sites for hydroxylation is 1. The molecule has 0 aromatic carbocycles. The van der Waals surface area contributed by atoms with Crippen LogP contribution in [0.2, 0.25) is 0 Å². The Kier molecular flexibility index (Phi) is 7.38. The fourth-order valence-corrected chi connectivity index (χ4v) is 4.72. The average Bonchev–Trinajstić information content (AvgIpc) is 3.30. The Morgan fingerprint density at radius 2 is 1.76 bits per heavy atom. The van der Waals surface area contributed by atoms with Gasteiger partial charge in [-0.2, -0.15) is 5.10 Å². The zero-order valence-electron chi connectivity index (χ0n) is 20.8. The van der Waals surface area contributed by atoms with Crippen LogP contribution in [-0.2, 0) is 26.2 Å². The van der Waals surface area contributed by atoms with Crippen LogP contribution in [0.3, 0.4) is 0 Å². The molecule has 2 fully saturated rings. The van der Waals surface area contributed by atoms with Crippen LogP contribution in [0.15, 0.2) is 12.3 Å². The van der Waals surface area contributed by atoms with Gasteiger partial charge in [0.15, 0.2) is 5.82 Å². The first kappa shape index (κ1) is 25.7. The molecule has 0 aliphatic heterocycles. The van der Waals surface area contributed by atoms with Crippen LogP contribution < -0.4 is 16.0 Å². The number of hydrogen-bond acceptors (Lipinski definition) is 6. The van der Waals surface area contributed by atoms with Gasteiger partial charge in [0.05, 0.1) is 0 Å². The molecule has 0 spiro atoms. The van der Waals surface area contributed by atoms with Crippen molar-refractivity contribution in [2.75, 3.05) is 5.32 Å². The molecule has 1 aromatic rings. The Labute approximate surface area is 200 Å². The van der Waals surface area contributed by atoms with Gasteiger partial charge in [-0.1, -0.05) is 19.8 Å². The second-order valence-electron chi connectivity index (χ2n) is 11.0. The van der Waals surface area contributed by atoms with Gasteiger partial charge >= 0.3 is 6.09 Å². The van der Waals surface area contributed by atoms with E-state index in [1.54, 1.807) is 40.1 Å². The standard InChI is InChI=1S/C24H37N5O5/c1-22(2,3)34-21(33)25-16(15-23(4)10-6-7-11-23)19(31)27-24(12-8-13-24)18(30)20(32)26-17-9-14-29(5)28-17/h9,14,16H,6-8,10-13,15H2,1-5H3,(H,25,33)(H,27,31)(H,26,28,32)/t16-/m0/s1. The molecule has 3 amide bonds. The number of ether oxygens (including phenoxy) is 1. The maximum absolute atomic E-state index is 13.4. The van der Waals surface area contributed by atoms with Crippen molar-refractivity contribution in [3.05, 3.63) is 12.3 Å². The molecule has 3 rings (SSSR count). The van der Waals surface area contributed by atoms with Gasteiger partial charge < -0.3 is 20.7 Å². The van der Waals surface area contributed by atoms with Crippen molar-refractivity contribution in [3.63, 3.8) is 0 Å². The number of carbonyl (C=O) groups is 4. The Morgan fingerprint density at radius 1 is 1.12 bits per heavy atom. The predicted molar refractivity (Wildman–Crippen MR) is 126 cm³/mol. The molecular weight excluding hydrogens is 438 g/mol. The molecule has 1 heterocycles. The van der Waals surface area contributed by atoms with Crippen molar-refractivity contribution in [1.82, 2.24) is 20.4 Å². The topological polar surface area (TPSA) is 131 Å². The van der Waals surface area contributed by atoms with Crippen molar-refractivity contribution in [1.29, 1.82) is 0 Å². The molecule has 2 aliphatic rings. The van der Waals surface area contributed by atoms with Crippen molar-refractivity contribution < 1.29 is 23.9 Å². The zero-order valence-corrected chi connectivity index (χ0v) is 20.8. The largest absolute Gasteiger partial charge is 0.444 e. The minimum Gasteiger partial charge on any atom is -0.444 e. The highest BCUT2D eigenvalue weighted by Crippen LogP contribution is 2.41. The lowest BCUT2D eigenvalue weighted by molar-refractivity contribution is -0.144. The molecule has 0 unspecified atom stereocenters. The maximum Gasteiger partial charge on any atom is 0.408 e. The van der Waals surface area contributed by atoms with Crippen LogP contribution >= 0.6 is 0 Å². The molecule has 0 radical (unpaired) electrons. The highest BCUT2D eigenvalue weighted by atomic mass is 16.6. The third-order valence-electron chi connectivity index (χ3n) is 6.68. The summed E-state index contributed by atoms with van der Waals surface area (Å²) in [6, 6.07) is 0.711. The molecule has 1 aromatic heterocycles. The Morgan fingerprint density at radius 3 is 2.26 bits per heavy atom. The second-order valence-corrected chi connectivity index (χ2v) is 11.0. The summed E-state index contributed by atoms with van der Waals surface area (Å²) in [6.45, 7) is 7.37.